The lowest BCUT2D eigenvalue weighted by molar-refractivity contribution is -0.758. The number of carbonyl (C=O) groups excluding carboxylic acids is 1. The normalized spacial score (nSPS) is 19.3. The van der Waals surface area contributed by atoms with Crippen LogP contribution in [0.25, 0.3) is 0 Å². The van der Waals surface area contributed by atoms with Gasteiger partial charge in [0.1, 0.15) is 6.61 Å². The topological polar surface area (TPSA) is 162 Å². The zero-order valence-corrected chi connectivity index (χ0v) is 10.9. The van der Waals surface area contributed by atoms with Crippen molar-refractivity contribution in [2.45, 2.75) is 11.9 Å². The second kappa shape index (κ2) is 5.58. The minimum Gasteiger partial charge on any atom is -0.453 e. The van der Waals surface area contributed by atoms with E-state index in [1.807, 2.05) is 0 Å². The summed E-state index contributed by atoms with van der Waals surface area (Å²) in [6, 6.07) is 3.15. The Morgan fingerprint density at radius 1 is 1.32 bits per heavy atom. The highest BCUT2D eigenvalue weighted by Crippen LogP contribution is 2.41. The summed E-state index contributed by atoms with van der Waals surface area (Å²) in [5.41, 5.74) is -2.56. The molecular formula is C10H9BN2O9. The first-order valence-electron chi connectivity index (χ1n) is 5.93. The van der Waals surface area contributed by atoms with E-state index in [-0.39, 0.29) is 16.8 Å². The summed E-state index contributed by atoms with van der Waals surface area (Å²) in [5, 5.41) is 38.8. The zero-order chi connectivity index (χ0) is 16.5. The Balaban J connectivity index is 2.41. The molecule has 0 saturated carbocycles. The van der Waals surface area contributed by atoms with Crippen LogP contribution in [0.4, 0.5) is 5.69 Å². The Morgan fingerprint density at radius 2 is 2.00 bits per heavy atom. The van der Waals surface area contributed by atoms with Crippen LogP contribution >= 0.6 is 0 Å². The fourth-order valence-corrected chi connectivity index (χ4v) is 2.24. The molecule has 1 atom stereocenters. The fraction of sp³-hybridized carbons (Fsp3) is 0.300. The number of non-ortho nitro benzene ring substituents is 1. The third-order valence-electron chi connectivity index (χ3n) is 3.25. The Bertz CT molecular complexity index is 649. The molecule has 22 heavy (non-hydrogen) atoms. The summed E-state index contributed by atoms with van der Waals surface area (Å²) in [6.07, 6.45) is -0.414. The van der Waals surface area contributed by atoms with Gasteiger partial charge in [-0.1, -0.05) is 0 Å². The third kappa shape index (κ3) is 2.56. The molecule has 1 unspecified atom stereocenters. The number of ether oxygens (including phenoxy) is 1. The minimum absolute atomic E-state index is 0.00921. The predicted octanol–water partition coefficient (Wildman–Crippen LogP) is -0.429. The highest BCUT2D eigenvalue weighted by Gasteiger charge is 2.54. The molecule has 0 radical (unpaired) electrons. The number of nitrogens with zero attached hydrogens (tertiary/aromatic N) is 2. The number of cyclic esters (lactones) is 1. The zero-order valence-electron chi connectivity index (χ0n) is 10.9. The summed E-state index contributed by atoms with van der Waals surface area (Å²) in [7, 11) is -2.19. The Morgan fingerprint density at radius 3 is 2.55 bits per heavy atom. The number of carbonyl (C=O) groups is 1. The molecule has 1 aliphatic heterocycles. The smallest absolute Gasteiger partial charge is 0.453 e. The summed E-state index contributed by atoms with van der Waals surface area (Å²) >= 11 is 0. The van der Waals surface area contributed by atoms with Crippen molar-refractivity contribution in [1.29, 1.82) is 0 Å². The summed E-state index contributed by atoms with van der Waals surface area (Å²) in [4.78, 5) is 36.0. The van der Waals surface area contributed by atoms with E-state index in [1.165, 1.54) is 0 Å². The lowest BCUT2D eigenvalue weighted by Crippen LogP contribution is -2.45. The molecular weight excluding hydrogens is 303 g/mol. The molecule has 1 aromatic rings. The summed E-state index contributed by atoms with van der Waals surface area (Å²) in [6.45, 7) is -0.561. The lowest BCUT2D eigenvalue weighted by Gasteiger charge is -2.27. The highest BCUT2D eigenvalue weighted by molar-refractivity contribution is 6.46. The number of hydrogen-bond acceptors (Lipinski definition) is 9. The van der Waals surface area contributed by atoms with Crippen molar-refractivity contribution >= 4 is 18.8 Å². The molecule has 1 heterocycles. The Labute approximate surface area is 122 Å². The maximum Gasteiger partial charge on any atom is 0.503 e. The number of esters is 1. The highest BCUT2D eigenvalue weighted by atomic mass is 16.9. The van der Waals surface area contributed by atoms with Crippen LogP contribution in [0.1, 0.15) is 22.3 Å². The fourth-order valence-electron chi connectivity index (χ4n) is 2.24. The van der Waals surface area contributed by atoms with Gasteiger partial charge in [-0.05, 0) is 6.07 Å². The van der Waals surface area contributed by atoms with Crippen molar-refractivity contribution < 1.29 is 34.4 Å². The van der Waals surface area contributed by atoms with Crippen LogP contribution in [0, 0.1) is 20.2 Å². The molecule has 0 fully saturated rings. The van der Waals surface area contributed by atoms with Gasteiger partial charge in [0.2, 0.25) is 0 Å². The van der Waals surface area contributed by atoms with Crippen molar-refractivity contribution in [2.75, 3.05) is 6.61 Å². The summed E-state index contributed by atoms with van der Waals surface area (Å²) in [5.74, 6) is -0.993. The molecule has 12 heteroatoms. The molecule has 0 saturated heterocycles. The van der Waals surface area contributed by atoms with E-state index < -0.39 is 41.6 Å². The van der Waals surface area contributed by atoms with Gasteiger partial charge < -0.3 is 19.6 Å². The number of benzene rings is 1. The van der Waals surface area contributed by atoms with Gasteiger partial charge in [0, 0.05) is 24.1 Å². The molecule has 1 aliphatic rings. The van der Waals surface area contributed by atoms with E-state index in [2.05, 4.69) is 4.84 Å². The average Bonchev–Trinajstić information content (AvgIpc) is 2.72. The van der Waals surface area contributed by atoms with E-state index in [1.54, 1.807) is 0 Å². The predicted molar refractivity (Wildman–Crippen MR) is 67.9 cm³/mol. The average molecular weight is 312 g/mol. The Hall–Kier alpha value is -2.73. The van der Waals surface area contributed by atoms with Crippen LogP contribution in [0.3, 0.4) is 0 Å². The molecule has 0 aromatic heterocycles. The molecule has 2 N–H and O–H groups in total. The minimum atomic E-state index is -2.19. The van der Waals surface area contributed by atoms with E-state index in [4.69, 9.17) is 4.74 Å². The second-order valence-electron chi connectivity index (χ2n) is 4.45. The number of hydrogen-bond donors (Lipinski definition) is 2. The number of nitro benzene ring substituents is 1. The van der Waals surface area contributed by atoms with Gasteiger partial charge in [0.25, 0.3) is 10.8 Å². The quantitative estimate of drug-likeness (QED) is 0.307. The van der Waals surface area contributed by atoms with E-state index in [0.717, 1.165) is 18.2 Å². The Kier molecular flexibility index (Phi) is 3.97. The van der Waals surface area contributed by atoms with Crippen LogP contribution in [0.5, 0.6) is 0 Å². The largest absolute Gasteiger partial charge is 0.503 e. The first kappa shape index (κ1) is 15.7. The van der Waals surface area contributed by atoms with Crippen molar-refractivity contribution in [3.05, 3.63) is 49.6 Å². The van der Waals surface area contributed by atoms with Gasteiger partial charge in [0.15, 0.2) is 5.50 Å². The molecule has 11 nitrogen and oxygen atoms in total. The molecule has 116 valence electrons. The van der Waals surface area contributed by atoms with Crippen LogP contribution in [0.15, 0.2) is 18.2 Å². The standard InChI is InChI=1S/C10H9BN2O9/c14-9-7-5-6(12(17)18)1-2-8(7)10(22-9,11(15)16)3-4-21-13(19)20/h1-2,5,15-16H,3-4H2. The van der Waals surface area contributed by atoms with Crippen molar-refractivity contribution in [3.63, 3.8) is 0 Å². The summed E-state index contributed by atoms with van der Waals surface area (Å²) < 4.78 is 4.93. The second-order valence-corrected chi connectivity index (χ2v) is 4.45. The molecule has 2 rings (SSSR count). The van der Waals surface area contributed by atoms with Crippen LogP contribution in [-0.2, 0) is 15.1 Å². The molecule has 0 spiro atoms. The van der Waals surface area contributed by atoms with E-state index in [9.17, 15) is 35.1 Å². The first-order chi connectivity index (χ1) is 10.3. The van der Waals surface area contributed by atoms with E-state index >= 15 is 0 Å². The van der Waals surface area contributed by atoms with Crippen LogP contribution in [0.2, 0.25) is 0 Å². The van der Waals surface area contributed by atoms with E-state index in [0.29, 0.717) is 0 Å². The van der Waals surface area contributed by atoms with Crippen LogP contribution in [-0.4, -0.2) is 39.8 Å². The molecule has 1 aromatic carbocycles. The number of nitro groups is 1. The maximum absolute atomic E-state index is 11.8. The van der Waals surface area contributed by atoms with Crippen molar-refractivity contribution in [2.24, 2.45) is 0 Å². The van der Waals surface area contributed by atoms with Gasteiger partial charge in [-0.3, -0.25) is 10.1 Å². The first-order valence-corrected chi connectivity index (χ1v) is 5.93. The number of rotatable bonds is 6. The van der Waals surface area contributed by atoms with Gasteiger partial charge in [-0.15, -0.1) is 10.1 Å². The van der Waals surface area contributed by atoms with Gasteiger partial charge in [0.05, 0.1) is 10.5 Å². The van der Waals surface area contributed by atoms with Gasteiger partial charge >= 0.3 is 13.1 Å². The lowest BCUT2D eigenvalue weighted by atomic mass is 9.62. The SMILES string of the molecule is O=C1OC(CCO[N+](=O)[O-])(B(O)O)c2ccc([N+](=O)[O-])cc21. The maximum atomic E-state index is 11.8. The molecule has 0 aliphatic carbocycles. The van der Waals surface area contributed by atoms with Gasteiger partial charge in [-0.25, -0.2) is 4.79 Å². The van der Waals surface area contributed by atoms with Crippen molar-refractivity contribution in [1.82, 2.24) is 0 Å². The third-order valence-corrected chi connectivity index (χ3v) is 3.25. The van der Waals surface area contributed by atoms with Crippen LogP contribution < -0.4 is 0 Å². The van der Waals surface area contributed by atoms with Crippen molar-refractivity contribution in [3.8, 4) is 0 Å². The monoisotopic (exact) mass is 312 g/mol. The molecule has 0 bridgehead atoms. The molecule has 0 amide bonds. The number of fused-ring (bicyclic) bond motifs is 1. The van der Waals surface area contributed by atoms with Gasteiger partial charge in [-0.2, -0.15) is 0 Å².